The predicted molar refractivity (Wildman–Crippen MR) is 205 cm³/mol. The van der Waals surface area contributed by atoms with E-state index >= 15 is 0 Å². The van der Waals surface area contributed by atoms with Crippen LogP contribution in [0, 0.1) is 0 Å². The molecule has 1 N–H and O–H groups in total. The maximum atomic E-state index is 14.5. The number of aliphatic hydroxyl groups is 1. The summed E-state index contributed by atoms with van der Waals surface area (Å²) in [5.74, 6) is -6.07. The molecule has 2 aliphatic carbocycles. The normalized spacial score (nSPS) is 25.9. The molecule has 14 nitrogen and oxygen atoms in total. The SMILES string of the molecule is COC(=O)[C@H]1OC2(CCCCC2)O[C@@H]1C(=O)O[C@@H]1[C@@H](OC(=O)c2ccccc2)[C@@H](OCc2ccccc2)[C@@H](OC(=O)c2ccccc2)[C@H](O)[C@H]1OC(=O)c1ccccc1. The lowest BCUT2D eigenvalue weighted by molar-refractivity contribution is -0.249. The Bertz CT molecular complexity index is 2060. The molecule has 59 heavy (non-hydrogen) atoms. The maximum Gasteiger partial charge on any atom is 0.339 e. The monoisotopic (exact) mass is 808 g/mol. The summed E-state index contributed by atoms with van der Waals surface area (Å²) in [6, 6.07) is 32.6. The number of ether oxygens (including phenoxy) is 8. The highest BCUT2D eigenvalue weighted by molar-refractivity contribution is 5.91. The molecule has 8 atom stereocenters. The first-order valence-electron chi connectivity index (χ1n) is 19.4. The number of hydrogen-bond donors (Lipinski definition) is 1. The third-order valence-corrected chi connectivity index (χ3v) is 10.5. The molecule has 1 heterocycles. The molecule has 0 aromatic heterocycles. The third-order valence-electron chi connectivity index (χ3n) is 10.5. The van der Waals surface area contributed by atoms with Gasteiger partial charge in [-0.1, -0.05) is 91.3 Å². The van der Waals surface area contributed by atoms with Crippen molar-refractivity contribution in [2.75, 3.05) is 7.11 Å². The van der Waals surface area contributed by atoms with Gasteiger partial charge in [0.1, 0.15) is 12.2 Å². The Hall–Kier alpha value is -5.93. The van der Waals surface area contributed by atoms with Gasteiger partial charge in [0.05, 0.1) is 30.4 Å². The van der Waals surface area contributed by atoms with Gasteiger partial charge in [0, 0.05) is 12.8 Å². The van der Waals surface area contributed by atoms with Crippen molar-refractivity contribution >= 4 is 29.8 Å². The number of carbonyl (C=O) groups excluding carboxylic acids is 5. The van der Waals surface area contributed by atoms with E-state index < -0.39 is 84.5 Å². The van der Waals surface area contributed by atoms with Gasteiger partial charge in [-0.2, -0.15) is 0 Å². The van der Waals surface area contributed by atoms with Gasteiger partial charge < -0.3 is 43.0 Å². The average molecular weight is 809 g/mol. The number of hydrogen-bond acceptors (Lipinski definition) is 14. The molecule has 3 fully saturated rings. The van der Waals surface area contributed by atoms with Crippen LogP contribution in [0.1, 0.15) is 68.7 Å². The molecule has 1 aliphatic heterocycles. The summed E-state index contributed by atoms with van der Waals surface area (Å²) in [6.45, 7) is -0.154. The second kappa shape index (κ2) is 18.8. The Morgan fingerprint density at radius 1 is 0.542 bits per heavy atom. The highest BCUT2D eigenvalue weighted by atomic mass is 16.8. The van der Waals surface area contributed by atoms with Crippen LogP contribution in [0.3, 0.4) is 0 Å². The van der Waals surface area contributed by atoms with E-state index in [1.54, 1.807) is 84.9 Å². The minimum absolute atomic E-state index is 0.0698. The summed E-state index contributed by atoms with van der Waals surface area (Å²) in [5.41, 5.74) is 0.943. The van der Waals surface area contributed by atoms with Crippen molar-refractivity contribution < 1.29 is 67.0 Å². The summed E-state index contributed by atoms with van der Waals surface area (Å²) in [7, 11) is 1.14. The topological polar surface area (TPSA) is 179 Å². The van der Waals surface area contributed by atoms with Gasteiger partial charge in [-0.05, 0) is 54.8 Å². The fourth-order valence-electron chi connectivity index (χ4n) is 7.53. The molecule has 0 unspecified atom stereocenters. The standard InChI is InChI=1S/C45H44O14/c1-52-43(50)38-39(59-45(58-38)25-15-6-16-26-45)44(51)57-36-34(55-41(48)30-21-11-4-12-22-30)32(46)33(54-40(47)29-19-9-3-10-20-29)35(53-27-28-17-7-2-8-18-28)37(36)56-42(49)31-23-13-5-14-24-31/h2-5,7-14,17-24,32-39,46H,6,15-16,25-27H2,1H3/t32-,33-,34+,35-,36-,37-,38-,39-/m0/s1. The van der Waals surface area contributed by atoms with Crippen LogP contribution < -0.4 is 0 Å². The van der Waals surface area contributed by atoms with Gasteiger partial charge >= 0.3 is 29.8 Å². The molecule has 4 aromatic carbocycles. The highest BCUT2D eigenvalue weighted by Crippen LogP contribution is 2.42. The molecule has 0 radical (unpaired) electrons. The predicted octanol–water partition coefficient (Wildman–Crippen LogP) is 5.15. The van der Waals surface area contributed by atoms with E-state index in [1.165, 1.54) is 36.4 Å². The first-order valence-corrected chi connectivity index (χ1v) is 19.4. The fourth-order valence-corrected chi connectivity index (χ4v) is 7.53. The Kier molecular flexibility index (Phi) is 13.1. The van der Waals surface area contributed by atoms with Crippen LogP contribution in [-0.4, -0.2) is 96.7 Å². The van der Waals surface area contributed by atoms with Crippen LogP contribution in [0.15, 0.2) is 121 Å². The lowest BCUT2D eigenvalue weighted by atomic mass is 9.83. The van der Waals surface area contributed by atoms with Crippen molar-refractivity contribution in [2.45, 2.75) is 93.3 Å². The first-order chi connectivity index (χ1) is 28.7. The average Bonchev–Trinajstić information content (AvgIpc) is 3.65. The molecule has 0 bridgehead atoms. The first kappa shape index (κ1) is 41.2. The number of esters is 5. The minimum atomic E-state index is -1.96. The van der Waals surface area contributed by atoms with Crippen molar-refractivity contribution in [1.29, 1.82) is 0 Å². The molecular weight excluding hydrogens is 764 g/mol. The van der Waals surface area contributed by atoms with Crippen molar-refractivity contribution in [3.8, 4) is 0 Å². The van der Waals surface area contributed by atoms with Crippen molar-refractivity contribution in [3.63, 3.8) is 0 Å². The molecule has 308 valence electrons. The third kappa shape index (κ3) is 9.52. The Labute approximate surface area is 340 Å². The minimum Gasteiger partial charge on any atom is -0.467 e. The van der Waals surface area contributed by atoms with Gasteiger partial charge in [-0.15, -0.1) is 0 Å². The van der Waals surface area contributed by atoms with Gasteiger partial charge in [-0.25, -0.2) is 24.0 Å². The van der Waals surface area contributed by atoms with E-state index in [0.29, 0.717) is 31.2 Å². The van der Waals surface area contributed by atoms with Gasteiger partial charge in [0.15, 0.2) is 42.4 Å². The number of aliphatic hydroxyl groups excluding tert-OH is 1. The second-order valence-corrected chi connectivity index (χ2v) is 14.4. The quantitative estimate of drug-likeness (QED) is 0.147. The van der Waals surface area contributed by atoms with E-state index in [1.807, 2.05) is 0 Å². The summed E-state index contributed by atoms with van der Waals surface area (Å²) in [6.07, 6.45) is -10.8. The van der Waals surface area contributed by atoms with E-state index in [0.717, 1.165) is 13.5 Å². The maximum absolute atomic E-state index is 14.5. The van der Waals surface area contributed by atoms with Crippen LogP contribution in [0.25, 0.3) is 0 Å². The molecule has 3 aliphatic rings. The van der Waals surface area contributed by atoms with Crippen molar-refractivity contribution in [3.05, 3.63) is 144 Å². The molecule has 1 spiro atoms. The Morgan fingerprint density at radius 3 is 1.42 bits per heavy atom. The summed E-state index contributed by atoms with van der Waals surface area (Å²) < 4.78 is 47.9. The number of rotatable bonds is 12. The molecule has 4 aromatic rings. The number of benzene rings is 4. The largest absolute Gasteiger partial charge is 0.467 e. The van der Waals surface area contributed by atoms with Crippen LogP contribution in [0.5, 0.6) is 0 Å². The zero-order chi connectivity index (χ0) is 41.4. The number of carbonyl (C=O) groups is 5. The van der Waals surface area contributed by atoms with Crippen LogP contribution in [0.4, 0.5) is 0 Å². The fraction of sp³-hybridized carbons (Fsp3) is 0.356. The van der Waals surface area contributed by atoms with E-state index in [2.05, 4.69) is 0 Å². The van der Waals surface area contributed by atoms with E-state index in [9.17, 15) is 29.1 Å². The summed E-state index contributed by atoms with van der Waals surface area (Å²) >= 11 is 0. The zero-order valence-electron chi connectivity index (χ0n) is 32.2. The van der Waals surface area contributed by atoms with Crippen LogP contribution in [0.2, 0.25) is 0 Å². The smallest absolute Gasteiger partial charge is 0.339 e. The molecule has 0 amide bonds. The van der Waals surface area contributed by atoms with Gasteiger partial charge in [0.2, 0.25) is 0 Å². The lowest BCUT2D eigenvalue weighted by Crippen LogP contribution is -2.68. The Balaban J connectivity index is 1.32. The highest BCUT2D eigenvalue weighted by Gasteiger charge is 2.61. The molecular formula is C45H44O14. The van der Waals surface area contributed by atoms with E-state index in [4.69, 9.17) is 37.9 Å². The second-order valence-electron chi connectivity index (χ2n) is 14.4. The Morgan fingerprint density at radius 2 is 0.949 bits per heavy atom. The molecule has 7 rings (SSSR count). The summed E-state index contributed by atoms with van der Waals surface area (Å²) in [5, 5.41) is 12.3. The van der Waals surface area contributed by atoms with Gasteiger partial charge in [-0.3, -0.25) is 0 Å². The zero-order valence-corrected chi connectivity index (χ0v) is 32.2. The van der Waals surface area contributed by atoms with Gasteiger partial charge in [0.25, 0.3) is 0 Å². The number of methoxy groups -OCH3 is 1. The van der Waals surface area contributed by atoms with Crippen LogP contribution in [-0.2, 0) is 54.1 Å². The van der Waals surface area contributed by atoms with E-state index in [-0.39, 0.29) is 23.3 Å². The molecule has 2 saturated carbocycles. The molecule has 14 heteroatoms. The van der Waals surface area contributed by atoms with Crippen molar-refractivity contribution in [1.82, 2.24) is 0 Å². The van der Waals surface area contributed by atoms with Crippen molar-refractivity contribution in [2.24, 2.45) is 0 Å². The lowest BCUT2D eigenvalue weighted by Gasteiger charge is -2.46. The molecule has 1 saturated heterocycles. The summed E-state index contributed by atoms with van der Waals surface area (Å²) in [4.78, 5) is 69.1. The van der Waals surface area contributed by atoms with Crippen LogP contribution >= 0.6 is 0 Å².